The zero-order chi connectivity index (χ0) is 10.6. The molecule has 0 aliphatic heterocycles. The van der Waals surface area contributed by atoms with Crippen LogP contribution in [0.3, 0.4) is 0 Å². The maximum atomic E-state index is 11.4. The van der Waals surface area contributed by atoms with Gasteiger partial charge in [0.2, 0.25) is 10.1 Å². The van der Waals surface area contributed by atoms with Crippen molar-refractivity contribution in [2.45, 2.75) is 4.90 Å². The van der Waals surface area contributed by atoms with Crippen LogP contribution in [-0.4, -0.2) is 27.2 Å². The highest BCUT2D eigenvalue weighted by atomic mass is 33.1. The molecule has 0 aromatic carbocycles. The van der Waals surface area contributed by atoms with Crippen LogP contribution in [0, 0.1) is 0 Å². The molecule has 0 aliphatic carbocycles. The fraction of sp³-hybridized carbons (Fsp3) is 0.167. The molecular weight excluding hydrogens is 246 g/mol. The third-order valence-corrected chi connectivity index (χ3v) is 5.56. The first-order chi connectivity index (χ1) is 6.52. The molecule has 0 amide bonds. The van der Waals surface area contributed by atoms with Crippen molar-refractivity contribution in [2.24, 2.45) is 0 Å². The fourth-order valence-corrected chi connectivity index (χ4v) is 4.47. The zero-order valence-electron chi connectivity index (χ0n) is 6.86. The lowest BCUT2D eigenvalue weighted by Crippen LogP contribution is -2.04. The predicted molar refractivity (Wildman–Crippen MR) is 54.7 cm³/mol. The van der Waals surface area contributed by atoms with E-state index in [1.807, 2.05) is 0 Å². The molecule has 0 saturated carbocycles. The molecule has 78 valence electrons. The van der Waals surface area contributed by atoms with Crippen molar-refractivity contribution in [2.75, 3.05) is 5.08 Å². The van der Waals surface area contributed by atoms with E-state index in [4.69, 9.17) is 4.55 Å². The Labute approximate surface area is 87.5 Å². The Bertz CT molecular complexity index is 416. The molecule has 1 rings (SSSR count). The lowest BCUT2D eigenvalue weighted by atomic mass is 10.5. The number of sulfone groups is 1. The summed E-state index contributed by atoms with van der Waals surface area (Å²) < 4.78 is 41.5. The van der Waals surface area contributed by atoms with Crippen LogP contribution >= 0.6 is 10.8 Å². The summed E-state index contributed by atoms with van der Waals surface area (Å²) in [5.74, 6) is 0. The van der Waals surface area contributed by atoms with Crippen molar-refractivity contribution < 1.29 is 17.2 Å². The summed E-state index contributed by atoms with van der Waals surface area (Å²) in [5.41, 5.74) is 0. The van der Waals surface area contributed by atoms with Crippen molar-refractivity contribution in [3.8, 4) is 0 Å². The Morgan fingerprint density at radius 3 is 2.79 bits per heavy atom. The minimum absolute atomic E-state index is 0.0537. The quantitative estimate of drug-likeness (QED) is 0.627. The normalized spacial score (nSPS) is 13.8. The maximum Gasteiger partial charge on any atom is 0.217 e. The smallest absolute Gasteiger partial charge is 0.217 e. The summed E-state index contributed by atoms with van der Waals surface area (Å²) in [6, 6.07) is 2.89. The molecule has 8 heteroatoms. The molecule has 1 N–H and O–H groups in total. The van der Waals surface area contributed by atoms with Gasteiger partial charge in [-0.05, 0) is 22.9 Å². The second-order valence-corrected chi connectivity index (χ2v) is 7.13. The molecule has 1 unspecified atom stereocenters. The average Bonchev–Trinajstić information content (AvgIpc) is 2.16. The van der Waals surface area contributed by atoms with Crippen LogP contribution in [0.4, 0.5) is 0 Å². The molecule has 0 saturated heterocycles. The molecule has 1 aromatic rings. The standard InChI is InChI=1S/C6H7NO4S3/c8-13(9)12-5-14(10,11)6-2-1-3-7-4-6/h1-4H,5H2,(H,8,9). The number of hydrogen-bond acceptors (Lipinski definition) is 5. The fourth-order valence-electron chi connectivity index (χ4n) is 0.704. The van der Waals surface area contributed by atoms with Crippen LogP contribution in [0.2, 0.25) is 0 Å². The third-order valence-electron chi connectivity index (χ3n) is 1.30. The van der Waals surface area contributed by atoms with E-state index in [0.29, 0.717) is 10.8 Å². The highest BCUT2D eigenvalue weighted by Gasteiger charge is 2.15. The van der Waals surface area contributed by atoms with E-state index in [1.54, 1.807) is 0 Å². The van der Waals surface area contributed by atoms with Gasteiger partial charge < -0.3 is 0 Å². The van der Waals surface area contributed by atoms with Crippen molar-refractivity contribution in [1.82, 2.24) is 4.98 Å². The van der Waals surface area contributed by atoms with Gasteiger partial charge in [-0.1, -0.05) is 0 Å². The second-order valence-electron chi connectivity index (χ2n) is 2.26. The van der Waals surface area contributed by atoms with Gasteiger partial charge in [0.15, 0.2) is 9.84 Å². The molecule has 0 bridgehead atoms. The van der Waals surface area contributed by atoms with E-state index < -0.39 is 25.0 Å². The van der Waals surface area contributed by atoms with Gasteiger partial charge in [-0.3, -0.25) is 9.54 Å². The Morgan fingerprint density at radius 1 is 1.57 bits per heavy atom. The number of nitrogens with zero attached hydrogens (tertiary/aromatic N) is 1. The first kappa shape index (κ1) is 11.6. The number of rotatable bonds is 4. The third kappa shape index (κ3) is 3.37. The lowest BCUT2D eigenvalue weighted by molar-refractivity contribution is 0.580. The topological polar surface area (TPSA) is 84.3 Å². The molecule has 1 atom stereocenters. The van der Waals surface area contributed by atoms with Gasteiger partial charge in [0.05, 0.1) is 4.90 Å². The largest absolute Gasteiger partial charge is 0.298 e. The molecule has 1 heterocycles. The summed E-state index contributed by atoms with van der Waals surface area (Å²) in [7, 11) is -5.23. The Hall–Kier alpha value is -0.440. The number of aromatic nitrogens is 1. The van der Waals surface area contributed by atoms with Gasteiger partial charge in [0.25, 0.3) is 0 Å². The molecular formula is C6H7NO4S3. The van der Waals surface area contributed by atoms with Crippen LogP contribution in [0.5, 0.6) is 0 Å². The second kappa shape index (κ2) is 4.87. The SMILES string of the molecule is O=S(O)SCS(=O)(=O)c1cccnc1. The molecule has 1 aromatic heterocycles. The van der Waals surface area contributed by atoms with Crippen LogP contribution in [0.25, 0.3) is 0 Å². The van der Waals surface area contributed by atoms with E-state index in [-0.39, 0.29) is 4.90 Å². The van der Waals surface area contributed by atoms with E-state index in [9.17, 15) is 12.6 Å². The zero-order valence-corrected chi connectivity index (χ0v) is 9.31. The Balaban J connectivity index is 2.82. The molecule has 5 nitrogen and oxygen atoms in total. The summed E-state index contributed by atoms with van der Waals surface area (Å²) in [6.07, 6.45) is 2.66. The van der Waals surface area contributed by atoms with Crippen molar-refractivity contribution in [3.63, 3.8) is 0 Å². The Morgan fingerprint density at radius 2 is 2.29 bits per heavy atom. The summed E-state index contributed by atoms with van der Waals surface area (Å²) >= 11 is 0. The average molecular weight is 253 g/mol. The van der Waals surface area contributed by atoms with E-state index >= 15 is 0 Å². The van der Waals surface area contributed by atoms with E-state index in [2.05, 4.69) is 4.98 Å². The number of hydrogen-bond donors (Lipinski definition) is 1. The number of pyridine rings is 1. The predicted octanol–water partition coefficient (Wildman–Crippen LogP) is 0.683. The highest BCUT2D eigenvalue weighted by Crippen LogP contribution is 2.16. The minimum atomic E-state index is -3.51. The van der Waals surface area contributed by atoms with Gasteiger partial charge in [-0.15, -0.1) is 0 Å². The molecule has 0 radical (unpaired) electrons. The Kier molecular flexibility index (Phi) is 4.05. The lowest BCUT2D eigenvalue weighted by Gasteiger charge is -2.00. The molecule has 0 aliphatic rings. The van der Waals surface area contributed by atoms with Gasteiger partial charge in [-0.25, -0.2) is 12.6 Å². The van der Waals surface area contributed by atoms with E-state index in [1.165, 1.54) is 24.5 Å². The molecule has 0 spiro atoms. The van der Waals surface area contributed by atoms with Crippen molar-refractivity contribution in [3.05, 3.63) is 24.5 Å². The van der Waals surface area contributed by atoms with Gasteiger partial charge in [0, 0.05) is 12.4 Å². The van der Waals surface area contributed by atoms with E-state index in [0.717, 1.165) is 0 Å². The minimum Gasteiger partial charge on any atom is -0.298 e. The summed E-state index contributed by atoms with van der Waals surface area (Å²) in [6.45, 7) is 0. The maximum absolute atomic E-state index is 11.4. The van der Waals surface area contributed by atoms with Gasteiger partial charge in [-0.2, -0.15) is 0 Å². The van der Waals surface area contributed by atoms with Gasteiger partial charge >= 0.3 is 0 Å². The first-order valence-corrected chi connectivity index (χ1v) is 7.65. The van der Waals surface area contributed by atoms with Crippen LogP contribution in [-0.2, 0) is 19.9 Å². The van der Waals surface area contributed by atoms with Crippen molar-refractivity contribution in [1.29, 1.82) is 0 Å². The first-order valence-electron chi connectivity index (χ1n) is 3.39. The highest BCUT2D eigenvalue weighted by molar-refractivity contribution is 8.68. The van der Waals surface area contributed by atoms with Crippen LogP contribution in [0.1, 0.15) is 0 Å². The van der Waals surface area contributed by atoms with Crippen LogP contribution in [0.15, 0.2) is 29.4 Å². The summed E-state index contributed by atoms with van der Waals surface area (Å²) in [5, 5.41) is -0.429. The monoisotopic (exact) mass is 253 g/mol. The van der Waals surface area contributed by atoms with Gasteiger partial charge in [0.1, 0.15) is 5.08 Å². The molecule has 14 heavy (non-hydrogen) atoms. The summed E-state index contributed by atoms with van der Waals surface area (Å²) in [4.78, 5) is 3.70. The van der Waals surface area contributed by atoms with Crippen LogP contribution < -0.4 is 0 Å². The van der Waals surface area contributed by atoms with Crippen molar-refractivity contribution >= 4 is 30.7 Å². The molecule has 0 fully saturated rings.